The molecule has 1 rings (SSSR count). The lowest BCUT2D eigenvalue weighted by molar-refractivity contribution is -0.141. The van der Waals surface area contributed by atoms with E-state index >= 15 is 0 Å². The van der Waals surface area contributed by atoms with Crippen LogP contribution in [0.3, 0.4) is 0 Å². The Morgan fingerprint density at radius 1 is 1.50 bits per heavy atom. The minimum Gasteiger partial charge on any atom is -0.481 e. The van der Waals surface area contributed by atoms with E-state index < -0.39 is 5.97 Å². The molecule has 5 nitrogen and oxygen atoms in total. The number of nitrogens with zero attached hydrogens (tertiary/aromatic N) is 1. The number of hydrogen-bond donors (Lipinski definition) is 2. The maximum atomic E-state index is 12.0. The number of urea groups is 1. The zero-order valence-electron chi connectivity index (χ0n) is 12.0. The van der Waals surface area contributed by atoms with Crippen LogP contribution in [0.5, 0.6) is 0 Å². The molecule has 1 aromatic heterocycles. The molecule has 0 aromatic carbocycles. The van der Waals surface area contributed by atoms with Gasteiger partial charge < -0.3 is 15.3 Å². The normalized spacial score (nSPS) is 11.9. The number of nitrogens with one attached hydrogen (secondary N) is 1. The number of hydrogen-bond acceptors (Lipinski definition) is 3. The van der Waals surface area contributed by atoms with Crippen molar-refractivity contribution in [3.8, 4) is 0 Å². The molecule has 6 heteroatoms. The van der Waals surface area contributed by atoms with Crippen molar-refractivity contribution >= 4 is 23.3 Å². The zero-order valence-corrected chi connectivity index (χ0v) is 12.8. The Balaban J connectivity index is 2.27. The fraction of sp³-hybridized carbons (Fsp3) is 0.571. The second-order valence-electron chi connectivity index (χ2n) is 4.71. The predicted molar refractivity (Wildman–Crippen MR) is 79.8 cm³/mol. The largest absolute Gasteiger partial charge is 0.481 e. The van der Waals surface area contributed by atoms with Gasteiger partial charge in [0.1, 0.15) is 0 Å². The molecule has 112 valence electrons. The van der Waals surface area contributed by atoms with E-state index in [9.17, 15) is 9.59 Å². The van der Waals surface area contributed by atoms with Gasteiger partial charge in [-0.2, -0.15) is 0 Å². The summed E-state index contributed by atoms with van der Waals surface area (Å²) in [5.41, 5.74) is 0. The Labute approximate surface area is 123 Å². The quantitative estimate of drug-likeness (QED) is 0.725. The van der Waals surface area contributed by atoms with Crippen LogP contribution in [0.1, 0.15) is 31.6 Å². The van der Waals surface area contributed by atoms with Crippen molar-refractivity contribution < 1.29 is 14.7 Å². The van der Waals surface area contributed by atoms with Crippen molar-refractivity contribution in [3.63, 3.8) is 0 Å². The molecule has 0 spiro atoms. The molecule has 1 atom stereocenters. The number of carboxylic acids is 1. The minimum atomic E-state index is -0.788. The molecule has 0 aliphatic heterocycles. The first kappa shape index (κ1) is 16.5. The number of amides is 2. The van der Waals surface area contributed by atoms with Crippen LogP contribution in [0.25, 0.3) is 0 Å². The van der Waals surface area contributed by atoms with Crippen molar-refractivity contribution in [2.45, 2.75) is 33.2 Å². The summed E-state index contributed by atoms with van der Waals surface area (Å²) in [6, 6.07) is 3.89. The van der Waals surface area contributed by atoms with Crippen LogP contribution < -0.4 is 5.32 Å². The van der Waals surface area contributed by atoms with Gasteiger partial charge in [0.2, 0.25) is 0 Å². The molecule has 0 aliphatic rings. The third-order valence-electron chi connectivity index (χ3n) is 3.11. The van der Waals surface area contributed by atoms with Crippen molar-refractivity contribution in [2.24, 2.45) is 5.92 Å². The van der Waals surface area contributed by atoms with Crippen LogP contribution in [0.2, 0.25) is 0 Å². The van der Waals surface area contributed by atoms with Crippen LogP contribution in [-0.4, -0.2) is 35.1 Å². The predicted octanol–water partition coefficient (Wildman–Crippen LogP) is 2.78. The van der Waals surface area contributed by atoms with E-state index in [0.29, 0.717) is 32.5 Å². The Morgan fingerprint density at radius 3 is 2.80 bits per heavy atom. The summed E-state index contributed by atoms with van der Waals surface area (Å²) in [5, 5.41) is 13.6. The number of rotatable bonds is 8. The fourth-order valence-electron chi connectivity index (χ4n) is 1.76. The van der Waals surface area contributed by atoms with Crippen LogP contribution in [0.15, 0.2) is 17.5 Å². The van der Waals surface area contributed by atoms with Crippen molar-refractivity contribution in [1.29, 1.82) is 0 Å². The monoisotopic (exact) mass is 298 g/mol. The number of carbonyl (C=O) groups excluding carboxylic acids is 1. The van der Waals surface area contributed by atoms with Gasteiger partial charge in [-0.1, -0.05) is 13.0 Å². The lowest BCUT2D eigenvalue weighted by Crippen LogP contribution is -2.39. The number of thiophene rings is 1. The molecule has 2 amide bonds. The lowest BCUT2D eigenvalue weighted by Gasteiger charge is -2.20. The highest BCUT2D eigenvalue weighted by molar-refractivity contribution is 7.09. The van der Waals surface area contributed by atoms with Crippen LogP contribution >= 0.6 is 11.3 Å². The summed E-state index contributed by atoms with van der Waals surface area (Å²) >= 11 is 1.63. The molecule has 0 aliphatic carbocycles. The molecule has 1 aromatic rings. The van der Waals surface area contributed by atoms with E-state index in [-0.39, 0.29) is 11.9 Å². The number of aliphatic carboxylic acids is 1. The Kier molecular flexibility index (Phi) is 7.08. The first-order chi connectivity index (χ1) is 9.54. The van der Waals surface area contributed by atoms with Crippen LogP contribution in [0.4, 0.5) is 4.79 Å². The average Bonchev–Trinajstić information content (AvgIpc) is 2.93. The Morgan fingerprint density at radius 2 is 2.25 bits per heavy atom. The van der Waals surface area contributed by atoms with E-state index in [2.05, 4.69) is 5.32 Å². The molecule has 0 saturated carbocycles. The first-order valence-electron chi connectivity index (χ1n) is 6.82. The molecule has 20 heavy (non-hydrogen) atoms. The Hall–Kier alpha value is -1.56. The van der Waals surface area contributed by atoms with Crippen LogP contribution in [-0.2, 0) is 11.3 Å². The zero-order chi connectivity index (χ0) is 15.0. The van der Waals surface area contributed by atoms with E-state index in [1.807, 2.05) is 24.4 Å². The van der Waals surface area contributed by atoms with Gasteiger partial charge in [-0.05, 0) is 31.2 Å². The average molecular weight is 298 g/mol. The van der Waals surface area contributed by atoms with Crippen molar-refractivity contribution in [2.75, 3.05) is 13.1 Å². The second kappa shape index (κ2) is 8.58. The summed E-state index contributed by atoms with van der Waals surface area (Å²) in [7, 11) is 0. The SMILES string of the molecule is CCN(Cc1cccs1)C(=O)NCCCC(C)C(=O)O. The molecule has 1 unspecified atom stereocenters. The molecule has 2 N–H and O–H groups in total. The second-order valence-corrected chi connectivity index (χ2v) is 5.74. The maximum absolute atomic E-state index is 12.0. The van der Waals surface area contributed by atoms with Gasteiger partial charge >= 0.3 is 12.0 Å². The number of carbonyl (C=O) groups is 2. The molecule has 1 heterocycles. The summed E-state index contributed by atoms with van der Waals surface area (Å²) in [6.07, 6.45) is 1.25. The summed E-state index contributed by atoms with van der Waals surface area (Å²) < 4.78 is 0. The van der Waals surface area contributed by atoms with Gasteiger partial charge in [-0.3, -0.25) is 4.79 Å². The molecular weight excluding hydrogens is 276 g/mol. The highest BCUT2D eigenvalue weighted by Crippen LogP contribution is 2.11. The van der Waals surface area contributed by atoms with Crippen molar-refractivity contribution in [3.05, 3.63) is 22.4 Å². The van der Waals surface area contributed by atoms with Crippen molar-refractivity contribution in [1.82, 2.24) is 10.2 Å². The fourth-order valence-corrected chi connectivity index (χ4v) is 2.48. The molecule has 0 fully saturated rings. The standard InChI is InChI=1S/C14H22N2O3S/c1-3-16(10-12-7-5-9-20-12)14(19)15-8-4-6-11(2)13(17)18/h5,7,9,11H,3-4,6,8,10H2,1-2H3,(H,15,19)(H,17,18). The van der Waals surface area contributed by atoms with Gasteiger partial charge in [0.25, 0.3) is 0 Å². The highest BCUT2D eigenvalue weighted by Gasteiger charge is 2.13. The maximum Gasteiger partial charge on any atom is 0.317 e. The van der Waals surface area contributed by atoms with E-state index in [4.69, 9.17) is 5.11 Å². The molecule has 0 bridgehead atoms. The first-order valence-corrected chi connectivity index (χ1v) is 7.70. The summed E-state index contributed by atoms with van der Waals surface area (Å²) in [5.74, 6) is -1.15. The Bertz CT molecular complexity index is 420. The third-order valence-corrected chi connectivity index (χ3v) is 3.97. The van der Waals surface area contributed by atoms with E-state index in [0.717, 1.165) is 4.88 Å². The van der Waals surface area contributed by atoms with Gasteiger partial charge in [0, 0.05) is 18.0 Å². The van der Waals surface area contributed by atoms with E-state index in [1.165, 1.54) is 0 Å². The number of carboxylic acid groups (broad SMARTS) is 1. The lowest BCUT2D eigenvalue weighted by atomic mass is 10.1. The third kappa shape index (κ3) is 5.61. The topological polar surface area (TPSA) is 69.6 Å². The smallest absolute Gasteiger partial charge is 0.317 e. The highest BCUT2D eigenvalue weighted by atomic mass is 32.1. The molecule has 0 saturated heterocycles. The van der Waals surface area contributed by atoms with Gasteiger partial charge in [0.15, 0.2) is 0 Å². The van der Waals surface area contributed by atoms with Gasteiger partial charge in [-0.25, -0.2) is 4.79 Å². The van der Waals surface area contributed by atoms with Gasteiger partial charge in [0.05, 0.1) is 12.5 Å². The summed E-state index contributed by atoms with van der Waals surface area (Å²) in [6.45, 7) is 5.40. The minimum absolute atomic E-state index is 0.0936. The van der Waals surface area contributed by atoms with Crippen LogP contribution in [0, 0.1) is 5.92 Å². The van der Waals surface area contributed by atoms with E-state index in [1.54, 1.807) is 23.2 Å². The molecular formula is C14H22N2O3S. The molecule has 0 radical (unpaired) electrons. The van der Waals surface area contributed by atoms with Gasteiger partial charge in [-0.15, -0.1) is 11.3 Å². The summed E-state index contributed by atoms with van der Waals surface area (Å²) in [4.78, 5) is 25.5.